The summed E-state index contributed by atoms with van der Waals surface area (Å²) in [5.41, 5.74) is 6.58. The molecule has 1 heterocycles. The summed E-state index contributed by atoms with van der Waals surface area (Å²) in [6.45, 7) is 5.11. The van der Waals surface area contributed by atoms with Gasteiger partial charge in [-0.05, 0) is 25.5 Å². The van der Waals surface area contributed by atoms with Gasteiger partial charge < -0.3 is 25.4 Å². The van der Waals surface area contributed by atoms with Gasteiger partial charge in [0.2, 0.25) is 0 Å². The maximum absolute atomic E-state index is 12.8. The molecule has 28 heavy (non-hydrogen) atoms. The van der Waals surface area contributed by atoms with Crippen molar-refractivity contribution >= 4 is 23.2 Å². The van der Waals surface area contributed by atoms with Crippen LogP contribution >= 0.6 is 11.6 Å². The Morgan fingerprint density at radius 1 is 1.29 bits per heavy atom. The fourth-order valence-corrected chi connectivity index (χ4v) is 3.85. The topological polar surface area (TPSA) is 76.8 Å². The minimum atomic E-state index is -0.223. The van der Waals surface area contributed by atoms with E-state index in [0.717, 1.165) is 26.1 Å². The Morgan fingerprint density at radius 2 is 2.04 bits per heavy atom. The molecule has 1 aliphatic heterocycles. The number of hydrogen-bond donors (Lipinski definition) is 2. The molecule has 7 heteroatoms. The number of carbonyl (C=O) groups excluding carboxylic acids is 1. The number of piperidine rings is 1. The largest absolute Gasteiger partial charge is 0.496 e. The molecule has 0 aliphatic carbocycles. The molecule has 0 aromatic heterocycles. The summed E-state index contributed by atoms with van der Waals surface area (Å²) < 4.78 is 11.0. The van der Waals surface area contributed by atoms with Crippen molar-refractivity contribution in [3.63, 3.8) is 0 Å². The number of anilines is 1. The first kappa shape index (κ1) is 22.8. The molecule has 1 fully saturated rings. The molecule has 1 aliphatic rings. The van der Waals surface area contributed by atoms with E-state index < -0.39 is 0 Å². The van der Waals surface area contributed by atoms with Gasteiger partial charge in [-0.25, -0.2) is 0 Å². The standard InChI is InChI=1S/C21H34ClN3O3/c1-4-5-6-7-8-10-25-11-9-18(20(14-25)28-3)24-21(26)15-12-16(22)17(23)13-19(15)27-2/h12-13,18,20H,4-11,14,23H2,1-3H3,(H,24,26). The van der Waals surface area contributed by atoms with E-state index in [1.807, 2.05) is 0 Å². The molecule has 1 aromatic rings. The van der Waals surface area contributed by atoms with Crippen molar-refractivity contribution in [3.05, 3.63) is 22.7 Å². The summed E-state index contributed by atoms with van der Waals surface area (Å²) in [6, 6.07) is 3.08. The van der Waals surface area contributed by atoms with Gasteiger partial charge in [0, 0.05) is 26.3 Å². The lowest BCUT2D eigenvalue weighted by molar-refractivity contribution is 0.00596. The average molecular weight is 412 g/mol. The third-order valence-corrected chi connectivity index (χ3v) is 5.73. The SMILES string of the molecule is CCCCCCCN1CCC(NC(=O)c2cc(Cl)c(N)cc2OC)C(OC)C1. The molecule has 158 valence electrons. The number of methoxy groups -OCH3 is 2. The lowest BCUT2D eigenvalue weighted by Gasteiger charge is -2.38. The van der Waals surface area contributed by atoms with Crippen LogP contribution in [0.3, 0.4) is 0 Å². The Bertz CT molecular complexity index is 642. The second-order valence-electron chi connectivity index (χ2n) is 7.43. The molecule has 1 amide bonds. The second-order valence-corrected chi connectivity index (χ2v) is 7.84. The van der Waals surface area contributed by atoms with Crippen LogP contribution in [-0.4, -0.2) is 56.8 Å². The first-order valence-corrected chi connectivity index (χ1v) is 10.6. The molecule has 2 atom stereocenters. The van der Waals surface area contributed by atoms with Gasteiger partial charge in [0.1, 0.15) is 5.75 Å². The van der Waals surface area contributed by atoms with Gasteiger partial charge in [0.05, 0.1) is 35.5 Å². The number of amides is 1. The lowest BCUT2D eigenvalue weighted by atomic mass is 10.00. The molecule has 0 saturated carbocycles. The fourth-order valence-electron chi connectivity index (χ4n) is 3.69. The van der Waals surface area contributed by atoms with Crippen LogP contribution in [0.4, 0.5) is 5.69 Å². The van der Waals surface area contributed by atoms with Crippen molar-refractivity contribution in [2.45, 2.75) is 57.6 Å². The molecule has 0 spiro atoms. The molecule has 2 unspecified atom stereocenters. The number of benzene rings is 1. The normalized spacial score (nSPS) is 20.1. The predicted octanol–water partition coefficient (Wildman–Crippen LogP) is 3.72. The van der Waals surface area contributed by atoms with Gasteiger partial charge in [0.15, 0.2) is 0 Å². The molecular weight excluding hydrogens is 378 g/mol. The van der Waals surface area contributed by atoms with E-state index in [1.54, 1.807) is 19.2 Å². The van der Waals surface area contributed by atoms with Crippen LogP contribution in [0.2, 0.25) is 5.02 Å². The van der Waals surface area contributed by atoms with Gasteiger partial charge in [0.25, 0.3) is 5.91 Å². The monoisotopic (exact) mass is 411 g/mol. The number of unbranched alkanes of at least 4 members (excludes halogenated alkanes) is 4. The highest BCUT2D eigenvalue weighted by atomic mass is 35.5. The zero-order chi connectivity index (χ0) is 20.5. The number of nitrogen functional groups attached to an aromatic ring is 1. The Kier molecular flexibility index (Phi) is 9.35. The molecule has 6 nitrogen and oxygen atoms in total. The number of nitrogens with one attached hydrogen (secondary N) is 1. The van der Waals surface area contributed by atoms with Crippen LogP contribution in [0, 0.1) is 0 Å². The molecule has 1 saturated heterocycles. The summed E-state index contributed by atoms with van der Waals surface area (Å²) in [7, 11) is 3.21. The second kappa shape index (κ2) is 11.5. The number of nitrogens with zero attached hydrogens (tertiary/aromatic N) is 1. The van der Waals surface area contributed by atoms with Gasteiger partial charge in [-0.2, -0.15) is 0 Å². The summed E-state index contributed by atoms with van der Waals surface area (Å²) >= 11 is 6.09. The summed E-state index contributed by atoms with van der Waals surface area (Å²) in [6.07, 6.45) is 7.19. The Morgan fingerprint density at radius 3 is 2.71 bits per heavy atom. The van der Waals surface area contributed by atoms with Crippen molar-refractivity contribution in [1.82, 2.24) is 10.2 Å². The van der Waals surface area contributed by atoms with E-state index in [-0.39, 0.29) is 18.1 Å². The molecule has 2 rings (SSSR count). The van der Waals surface area contributed by atoms with Crippen molar-refractivity contribution in [3.8, 4) is 5.75 Å². The smallest absolute Gasteiger partial charge is 0.255 e. The van der Waals surface area contributed by atoms with Gasteiger partial charge in [-0.3, -0.25) is 4.79 Å². The zero-order valence-electron chi connectivity index (χ0n) is 17.3. The molecular formula is C21H34ClN3O3. The Labute approximate surface area is 173 Å². The number of carbonyl (C=O) groups is 1. The maximum atomic E-state index is 12.8. The number of rotatable bonds is 10. The van der Waals surface area contributed by atoms with Crippen LogP contribution in [0.25, 0.3) is 0 Å². The van der Waals surface area contributed by atoms with Crippen LogP contribution in [0.1, 0.15) is 55.8 Å². The molecule has 3 N–H and O–H groups in total. The highest BCUT2D eigenvalue weighted by Gasteiger charge is 2.31. The van der Waals surface area contributed by atoms with E-state index in [4.69, 9.17) is 26.8 Å². The molecule has 1 aromatic carbocycles. The minimum Gasteiger partial charge on any atom is -0.496 e. The number of likely N-dealkylation sites (tertiary alicyclic amines) is 1. The number of halogens is 1. The minimum absolute atomic E-state index is 0.0383. The van der Waals surface area contributed by atoms with Crippen molar-refractivity contribution in [1.29, 1.82) is 0 Å². The van der Waals surface area contributed by atoms with E-state index in [2.05, 4.69) is 17.1 Å². The third-order valence-electron chi connectivity index (χ3n) is 5.40. The quantitative estimate of drug-likeness (QED) is 0.453. The van der Waals surface area contributed by atoms with Crippen molar-refractivity contribution in [2.24, 2.45) is 0 Å². The van der Waals surface area contributed by atoms with Crippen LogP contribution in [-0.2, 0) is 4.74 Å². The number of nitrogens with two attached hydrogens (primary N) is 1. The van der Waals surface area contributed by atoms with Gasteiger partial charge in [-0.1, -0.05) is 44.2 Å². The van der Waals surface area contributed by atoms with Crippen molar-refractivity contribution in [2.75, 3.05) is 39.6 Å². The van der Waals surface area contributed by atoms with E-state index in [0.29, 0.717) is 22.0 Å². The fraction of sp³-hybridized carbons (Fsp3) is 0.667. The van der Waals surface area contributed by atoms with Crippen molar-refractivity contribution < 1.29 is 14.3 Å². The molecule has 0 radical (unpaired) electrons. The highest BCUT2D eigenvalue weighted by molar-refractivity contribution is 6.33. The Balaban J connectivity index is 1.92. The van der Waals surface area contributed by atoms with Crippen LogP contribution in [0.5, 0.6) is 5.75 Å². The van der Waals surface area contributed by atoms with E-state index >= 15 is 0 Å². The highest BCUT2D eigenvalue weighted by Crippen LogP contribution is 2.29. The first-order chi connectivity index (χ1) is 13.5. The van der Waals surface area contributed by atoms with Crippen LogP contribution < -0.4 is 15.8 Å². The van der Waals surface area contributed by atoms with E-state index in [9.17, 15) is 4.79 Å². The summed E-state index contributed by atoms with van der Waals surface area (Å²) in [5.74, 6) is 0.191. The molecule has 0 bridgehead atoms. The predicted molar refractivity (Wildman–Crippen MR) is 114 cm³/mol. The third kappa shape index (κ3) is 6.26. The lowest BCUT2D eigenvalue weighted by Crippen LogP contribution is -2.54. The zero-order valence-corrected chi connectivity index (χ0v) is 18.1. The Hall–Kier alpha value is -1.50. The number of hydrogen-bond acceptors (Lipinski definition) is 5. The van der Waals surface area contributed by atoms with E-state index in [1.165, 1.54) is 39.2 Å². The van der Waals surface area contributed by atoms with Gasteiger partial charge in [-0.15, -0.1) is 0 Å². The first-order valence-electron chi connectivity index (χ1n) is 10.2. The summed E-state index contributed by atoms with van der Waals surface area (Å²) in [4.78, 5) is 15.2. The summed E-state index contributed by atoms with van der Waals surface area (Å²) in [5, 5.41) is 3.43. The van der Waals surface area contributed by atoms with Crippen LogP contribution in [0.15, 0.2) is 12.1 Å². The average Bonchev–Trinajstić information content (AvgIpc) is 2.70. The number of ether oxygens (including phenoxy) is 2. The maximum Gasteiger partial charge on any atom is 0.255 e. The van der Waals surface area contributed by atoms with Gasteiger partial charge >= 0.3 is 0 Å².